The number of aryl methyl sites for hydroxylation is 1. The third kappa shape index (κ3) is 4.06. The van der Waals surface area contributed by atoms with Crippen LogP contribution in [0.3, 0.4) is 0 Å². The maximum Gasteiger partial charge on any atom is 0.266 e. The molecule has 0 spiro atoms. The minimum atomic E-state index is -0.120. The van der Waals surface area contributed by atoms with Crippen LogP contribution in [-0.2, 0) is 4.79 Å². The van der Waals surface area contributed by atoms with Gasteiger partial charge < -0.3 is 5.32 Å². The molecule has 2 aromatic carbocycles. The molecule has 0 unspecified atom stereocenters. The average molecular weight is 382 g/mol. The van der Waals surface area contributed by atoms with E-state index in [2.05, 4.69) is 10.3 Å². The molecule has 0 saturated carbocycles. The summed E-state index contributed by atoms with van der Waals surface area (Å²) in [5.41, 5.74) is 3.44. The van der Waals surface area contributed by atoms with Crippen molar-refractivity contribution in [3.8, 4) is 5.69 Å². The lowest BCUT2D eigenvalue weighted by Gasteiger charge is -2.16. The molecule has 0 radical (unpaired) electrons. The monoisotopic (exact) mass is 381 g/mol. The summed E-state index contributed by atoms with van der Waals surface area (Å²) in [5.74, 6) is 0.159. The Hall–Kier alpha value is -2.60. The Morgan fingerprint density at radius 3 is 2.70 bits per heavy atom. The Balaban J connectivity index is 2.12. The van der Waals surface area contributed by atoms with E-state index in [9.17, 15) is 9.59 Å². The van der Waals surface area contributed by atoms with Crippen LogP contribution in [0.25, 0.3) is 16.6 Å². The SMILES string of the molecule is CCCNC(=O)CSc1nc2ccccc2c(=O)n1-c1cccc(C)c1C. The molecule has 0 fully saturated rings. The number of hydrogen-bond donors (Lipinski definition) is 1. The molecule has 27 heavy (non-hydrogen) atoms. The fourth-order valence-corrected chi connectivity index (χ4v) is 3.68. The number of nitrogens with zero attached hydrogens (tertiary/aromatic N) is 2. The van der Waals surface area contributed by atoms with Gasteiger partial charge in [-0.2, -0.15) is 0 Å². The highest BCUT2D eigenvalue weighted by molar-refractivity contribution is 7.99. The van der Waals surface area contributed by atoms with Gasteiger partial charge in [-0.05, 0) is 49.6 Å². The summed E-state index contributed by atoms with van der Waals surface area (Å²) < 4.78 is 1.63. The molecule has 0 aliphatic heterocycles. The Bertz CT molecular complexity index is 1040. The fourth-order valence-electron chi connectivity index (χ4n) is 2.85. The zero-order valence-electron chi connectivity index (χ0n) is 15.8. The number of rotatable bonds is 6. The molecule has 0 aliphatic carbocycles. The van der Waals surface area contributed by atoms with E-state index in [0.717, 1.165) is 23.2 Å². The zero-order chi connectivity index (χ0) is 19.4. The first kappa shape index (κ1) is 19.2. The van der Waals surface area contributed by atoms with Gasteiger partial charge in [0, 0.05) is 6.54 Å². The number of benzene rings is 2. The molecule has 0 atom stereocenters. The first-order valence-electron chi connectivity index (χ1n) is 9.00. The van der Waals surface area contributed by atoms with Crippen molar-refractivity contribution in [2.24, 2.45) is 0 Å². The summed E-state index contributed by atoms with van der Waals surface area (Å²) in [5, 5.41) is 3.95. The second-order valence-electron chi connectivity index (χ2n) is 6.41. The summed E-state index contributed by atoms with van der Waals surface area (Å²) in [4.78, 5) is 30.0. The first-order valence-corrected chi connectivity index (χ1v) is 9.99. The maximum atomic E-state index is 13.2. The van der Waals surface area contributed by atoms with Crippen molar-refractivity contribution in [2.45, 2.75) is 32.3 Å². The molecule has 3 aromatic rings. The number of amides is 1. The fraction of sp³-hybridized carbons (Fsp3) is 0.286. The zero-order valence-corrected chi connectivity index (χ0v) is 16.6. The topological polar surface area (TPSA) is 64.0 Å². The van der Waals surface area contributed by atoms with Crippen molar-refractivity contribution in [3.63, 3.8) is 0 Å². The van der Waals surface area contributed by atoms with E-state index >= 15 is 0 Å². The highest BCUT2D eigenvalue weighted by Crippen LogP contribution is 2.24. The number of carbonyl (C=O) groups excluding carboxylic acids is 1. The van der Waals surface area contributed by atoms with Crippen LogP contribution in [0.1, 0.15) is 24.5 Å². The van der Waals surface area contributed by atoms with E-state index in [4.69, 9.17) is 0 Å². The lowest BCUT2D eigenvalue weighted by Crippen LogP contribution is -2.27. The van der Waals surface area contributed by atoms with Crippen LogP contribution in [0, 0.1) is 13.8 Å². The molecular weight excluding hydrogens is 358 g/mol. The standard InChI is InChI=1S/C21H23N3O2S/c1-4-12-22-19(25)13-27-21-23-17-10-6-5-9-16(17)20(26)24(21)18-11-7-8-14(2)15(18)3/h5-11H,4,12-13H2,1-3H3,(H,22,25). The third-order valence-corrected chi connectivity index (χ3v) is 5.40. The molecule has 1 aromatic heterocycles. The van der Waals surface area contributed by atoms with E-state index in [0.29, 0.717) is 22.6 Å². The van der Waals surface area contributed by atoms with Crippen LogP contribution in [0.15, 0.2) is 52.4 Å². The Kier molecular flexibility index (Phi) is 5.96. The van der Waals surface area contributed by atoms with Crippen LogP contribution < -0.4 is 10.9 Å². The van der Waals surface area contributed by atoms with Crippen molar-refractivity contribution in [3.05, 3.63) is 63.9 Å². The van der Waals surface area contributed by atoms with Gasteiger partial charge in [-0.1, -0.05) is 43.0 Å². The van der Waals surface area contributed by atoms with E-state index in [-0.39, 0.29) is 17.2 Å². The number of nitrogens with one attached hydrogen (secondary N) is 1. The predicted octanol–water partition coefficient (Wildman–Crippen LogP) is 3.62. The summed E-state index contributed by atoms with van der Waals surface area (Å²) >= 11 is 1.28. The second kappa shape index (κ2) is 8.39. The molecular formula is C21H23N3O2S. The third-order valence-electron chi connectivity index (χ3n) is 4.47. The Morgan fingerprint density at radius 2 is 1.93 bits per heavy atom. The first-order chi connectivity index (χ1) is 13.0. The number of hydrogen-bond acceptors (Lipinski definition) is 4. The van der Waals surface area contributed by atoms with Gasteiger partial charge in [0.1, 0.15) is 0 Å². The lowest BCUT2D eigenvalue weighted by atomic mass is 10.1. The highest BCUT2D eigenvalue weighted by Gasteiger charge is 2.16. The molecule has 140 valence electrons. The quantitative estimate of drug-likeness (QED) is 0.523. The number of para-hydroxylation sites is 1. The summed E-state index contributed by atoms with van der Waals surface area (Å²) in [6.07, 6.45) is 0.887. The number of carbonyl (C=O) groups is 1. The van der Waals surface area contributed by atoms with E-state index in [1.165, 1.54) is 11.8 Å². The molecule has 0 aliphatic rings. The van der Waals surface area contributed by atoms with Crippen LogP contribution in [0.4, 0.5) is 0 Å². The minimum Gasteiger partial charge on any atom is -0.355 e. The Labute approximate surface area is 162 Å². The largest absolute Gasteiger partial charge is 0.355 e. The molecule has 6 heteroatoms. The van der Waals surface area contributed by atoms with Crippen molar-refractivity contribution < 1.29 is 4.79 Å². The second-order valence-corrected chi connectivity index (χ2v) is 7.35. The number of thioether (sulfide) groups is 1. The van der Waals surface area contributed by atoms with Crippen molar-refractivity contribution in [1.82, 2.24) is 14.9 Å². The molecule has 5 nitrogen and oxygen atoms in total. The van der Waals surface area contributed by atoms with Gasteiger partial charge in [0.2, 0.25) is 5.91 Å². The van der Waals surface area contributed by atoms with Crippen molar-refractivity contribution >= 4 is 28.6 Å². The van der Waals surface area contributed by atoms with Gasteiger partial charge in [0.15, 0.2) is 5.16 Å². The minimum absolute atomic E-state index is 0.0585. The van der Waals surface area contributed by atoms with Crippen molar-refractivity contribution in [2.75, 3.05) is 12.3 Å². The van der Waals surface area contributed by atoms with Crippen LogP contribution >= 0.6 is 11.8 Å². The van der Waals surface area contributed by atoms with E-state index in [1.807, 2.05) is 57.2 Å². The Morgan fingerprint density at radius 1 is 1.15 bits per heavy atom. The molecule has 1 amide bonds. The number of aromatic nitrogens is 2. The number of fused-ring (bicyclic) bond motifs is 1. The lowest BCUT2D eigenvalue weighted by molar-refractivity contribution is -0.118. The molecule has 1 N–H and O–H groups in total. The highest BCUT2D eigenvalue weighted by atomic mass is 32.2. The van der Waals surface area contributed by atoms with Gasteiger partial charge in [-0.25, -0.2) is 4.98 Å². The predicted molar refractivity (Wildman–Crippen MR) is 111 cm³/mol. The normalized spacial score (nSPS) is 10.9. The maximum absolute atomic E-state index is 13.2. The van der Waals surface area contributed by atoms with Gasteiger partial charge in [-0.3, -0.25) is 14.2 Å². The van der Waals surface area contributed by atoms with Crippen LogP contribution in [0.5, 0.6) is 0 Å². The summed E-state index contributed by atoms with van der Waals surface area (Å²) in [6, 6.07) is 13.2. The average Bonchev–Trinajstić information content (AvgIpc) is 2.67. The molecule has 1 heterocycles. The summed E-state index contributed by atoms with van der Waals surface area (Å²) in [6.45, 7) is 6.67. The van der Waals surface area contributed by atoms with Gasteiger partial charge in [0.05, 0.1) is 22.3 Å². The molecule has 0 bridgehead atoms. The summed E-state index contributed by atoms with van der Waals surface area (Å²) in [7, 11) is 0. The molecule has 0 saturated heterocycles. The smallest absolute Gasteiger partial charge is 0.266 e. The van der Waals surface area contributed by atoms with Gasteiger partial charge >= 0.3 is 0 Å². The van der Waals surface area contributed by atoms with Crippen LogP contribution in [-0.4, -0.2) is 27.8 Å². The van der Waals surface area contributed by atoms with E-state index < -0.39 is 0 Å². The van der Waals surface area contributed by atoms with Gasteiger partial charge in [0.25, 0.3) is 5.56 Å². The molecule has 3 rings (SSSR count). The van der Waals surface area contributed by atoms with Crippen molar-refractivity contribution in [1.29, 1.82) is 0 Å². The van der Waals surface area contributed by atoms with Crippen LogP contribution in [0.2, 0.25) is 0 Å². The van der Waals surface area contributed by atoms with E-state index in [1.54, 1.807) is 10.6 Å². The van der Waals surface area contributed by atoms with Gasteiger partial charge in [-0.15, -0.1) is 0 Å².